The Morgan fingerprint density at radius 1 is 0.759 bits per heavy atom. The Balaban J connectivity index is 1.38. The largest absolute Gasteiger partial charge is 0.369 e. The summed E-state index contributed by atoms with van der Waals surface area (Å²) in [5.74, 6) is -7.12. The van der Waals surface area contributed by atoms with E-state index in [1.807, 2.05) is 50.2 Å². The summed E-state index contributed by atoms with van der Waals surface area (Å²) in [5.41, 5.74) is 20.2. The molecule has 4 unspecified atom stereocenters. The molecule has 3 aromatic rings. The van der Waals surface area contributed by atoms with Crippen LogP contribution in [0.3, 0.4) is 0 Å². The number of aromatic nitrogens is 2. The molecule has 0 aliphatic carbocycles. The Labute approximate surface area is 313 Å². The van der Waals surface area contributed by atoms with Crippen molar-refractivity contribution in [3.63, 3.8) is 0 Å². The molecule has 12 N–H and O–H groups in total. The Bertz CT molecular complexity index is 1790. The smallest absolute Gasteiger partial charge is 0.251 e. The molecule has 0 radical (unpaired) electrons. The van der Waals surface area contributed by atoms with E-state index < -0.39 is 65.9 Å². The number of hydrogen-bond donors (Lipinski definition) is 9. The number of carbonyl (C=O) groups is 7. The predicted molar refractivity (Wildman–Crippen MR) is 202 cm³/mol. The number of hydrogen-bond acceptors (Lipinski definition) is 9. The summed E-state index contributed by atoms with van der Waals surface area (Å²) in [6.07, 6.45) is 0.440. The van der Waals surface area contributed by atoms with Gasteiger partial charge in [-0.3, -0.25) is 38.7 Å². The van der Waals surface area contributed by atoms with Crippen molar-refractivity contribution in [1.82, 2.24) is 36.8 Å². The van der Waals surface area contributed by atoms with Crippen LogP contribution in [0.1, 0.15) is 57.3 Å². The summed E-state index contributed by atoms with van der Waals surface area (Å²) < 4.78 is 0. The topological polar surface area (TPSA) is 286 Å². The zero-order valence-corrected chi connectivity index (χ0v) is 31.1. The SMILES string of the molecule is CC(C)CC(N)C(=O)NC(C(N)=O)C(C(N)=O)C(CC(=O)NCC(=O)NCC(=O)NCCCNC(=O)c1ccc(-c2n[nH]c3ccccc23)cc1)C(C)C. The Kier molecular flexibility index (Phi) is 16.1. The quantitative estimate of drug-likeness (QED) is 0.0652. The monoisotopic (exact) mass is 748 g/mol. The molecule has 292 valence electrons. The van der Waals surface area contributed by atoms with Crippen molar-refractivity contribution >= 4 is 52.3 Å². The third-order valence-electron chi connectivity index (χ3n) is 8.84. The first-order valence-corrected chi connectivity index (χ1v) is 17.8. The molecule has 1 aromatic heterocycles. The van der Waals surface area contributed by atoms with Crippen LogP contribution in [-0.2, 0) is 28.8 Å². The van der Waals surface area contributed by atoms with E-state index >= 15 is 0 Å². The number of benzene rings is 2. The van der Waals surface area contributed by atoms with Crippen LogP contribution >= 0.6 is 0 Å². The molecule has 54 heavy (non-hydrogen) atoms. The molecule has 0 aliphatic heterocycles. The fraction of sp³-hybridized carbons (Fsp3) is 0.459. The number of rotatable bonds is 21. The van der Waals surface area contributed by atoms with Gasteiger partial charge in [0.25, 0.3) is 5.91 Å². The van der Waals surface area contributed by atoms with Gasteiger partial charge in [-0.1, -0.05) is 58.0 Å². The number of nitrogens with two attached hydrogens (primary N) is 3. The molecule has 17 nitrogen and oxygen atoms in total. The first kappa shape index (κ1) is 42.6. The number of aromatic amines is 1. The van der Waals surface area contributed by atoms with Gasteiger partial charge in [0.05, 0.1) is 36.3 Å². The summed E-state index contributed by atoms with van der Waals surface area (Å²) in [7, 11) is 0. The molecule has 0 aliphatic rings. The van der Waals surface area contributed by atoms with Crippen molar-refractivity contribution in [2.24, 2.45) is 40.9 Å². The maximum Gasteiger partial charge on any atom is 0.251 e. The highest BCUT2D eigenvalue weighted by atomic mass is 16.2. The molecule has 3 rings (SSSR count). The van der Waals surface area contributed by atoms with E-state index in [-0.39, 0.29) is 37.3 Å². The number of fused-ring (bicyclic) bond motifs is 1. The summed E-state index contributed by atoms with van der Waals surface area (Å²) in [4.78, 5) is 87.6. The van der Waals surface area contributed by atoms with Gasteiger partial charge < -0.3 is 43.8 Å². The zero-order chi connectivity index (χ0) is 39.9. The first-order chi connectivity index (χ1) is 25.6. The van der Waals surface area contributed by atoms with E-state index in [1.165, 1.54) is 0 Å². The van der Waals surface area contributed by atoms with E-state index in [0.717, 1.165) is 22.2 Å². The van der Waals surface area contributed by atoms with Crippen LogP contribution in [0.25, 0.3) is 22.2 Å². The average Bonchev–Trinajstić information content (AvgIpc) is 3.55. The summed E-state index contributed by atoms with van der Waals surface area (Å²) in [5, 5.41) is 21.1. The second kappa shape index (κ2) is 20.4. The third kappa shape index (κ3) is 12.7. The van der Waals surface area contributed by atoms with Crippen molar-refractivity contribution in [2.75, 3.05) is 26.2 Å². The Morgan fingerprint density at radius 3 is 1.98 bits per heavy atom. The minimum atomic E-state index is -1.51. The number of amides is 7. The lowest BCUT2D eigenvalue weighted by Gasteiger charge is -2.33. The average molecular weight is 749 g/mol. The number of primary amides is 2. The number of H-pyrrole nitrogens is 1. The molecular weight excluding hydrogens is 696 g/mol. The van der Waals surface area contributed by atoms with Crippen molar-refractivity contribution in [3.8, 4) is 11.3 Å². The Morgan fingerprint density at radius 2 is 1.37 bits per heavy atom. The van der Waals surface area contributed by atoms with Gasteiger partial charge in [0, 0.05) is 36.0 Å². The molecule has 17 heteroatoms. The van der Waals surface area contributed by atoms with Gasteiger partial charge in [-0.15, -0.1) is 0 Å². The highest BCUT2D eigenvalue weighted by Gasteiger charge is 2.41. The molecule has 4 atom stereocenters. The van der Waals surface area contributed by atoms with E-state index in [4.69, 9.17) is 17.2 Å². The van der Waals surface area contributed by atoms with E-state index in [2.05, 4.69) is 36.8 Å². The van der Waals surface area contributed by atoms with Gasteiger partial charge in [-0.25, -0.2) is 0 Å². The van der Waals surface area contributed by atoms with Crippen LogP contribution in [-0.4, -0.2) is 89.8 Å². The van der Waals surface area contributed by atoms with Crippen LogP contribution in [0.4, 0.5) is 0 Å². The lowest BCUT2D eigenvalue weighted by atomic mass is 9.76. The highest BCUT2D eigenvalue weighted by Crippen LogP contribution is 2.28. The molecule has 0 spiro atoms. The van der Waals surface area contributed by atoms with Gasteiger partial charge in [0.1, 0.15) is 6.04 Å². The van der Waals surface area contributed by atoms with Gasteiger partial charge in [0.2, 0.25) is 35.4 Å². The van der Waals surface area contributed by atoms with E-state index in [0.29, 0.717) is 24.9 Å². The standard InChI is InChI=1S/C37H52N10O7/c1-20(2)16-26(38)37(54)45-33(35(40)52)31(34(39)51)25(21(3)4)17-28(48)43-19-30(50)44-18-29(49)41-14-7-15-42-36(53)23-12-10-22(11-13-23)32-24-8-5-6-9-27(24)46-47-32/h5-6,8-13,20-21,25-26,31,33H,7,14-19,38H2,1-4H3,(H2,39,51)(H2,40,52)(H,41,49)(H,42,53)(H,43,48)(H,44,50)(H,45,54)(H,46,47). The molecule has 0 bridgehead atoms. The van der Waals surface area contributed by atoms with Gasteiger partial charge in [-0.2, -0.15) is 5.10 Å². The minimum Gasteiger partial charge on any atom is -0.369 e. The zero-order valence-electron chi connectivity index (χ0n) is 31.1. The van der Waals surface area contributed by atoms with Crippen LogP contribution in [0.15, 0.2) is 48.5 Å². The van der Waals surface area contributed by atoms with Crippen molar-refractivity contribution in [1.29, 1.82) is 0 Å². The molecule has 2 aromatic carbocycles. The van der Waals surface area contributed by atoms with E-state index in [9.17, 15) is 33.6 Å². The van der Waals surface area contributed by atoms with Gasteiger partial charge >= 0.3 is 0 Å². The summed E-state index contributed by atoms with van der Waals surface area (Å²) in [6.45, 7) is 6.87. The lowest BCUT2D eigenvalue weighted by molar-refractivity contribution is -0.136. The van der Waals surface area contributed by atoms with Crippen LogP contribution in [0, 0.1) is 23.7 Å². The molecule has 0 fully saturated rings. The van der Waals surface area contributed by atoms with Gasteiger partial charge in [-0.05, 0) is 48.8 Å². The highest BCUT2D eigenvalue weighted by molar-refractivity contribution is 5.97. The van der Waals surface area contributed by atoms with Crippen molar-refractivity contribution < 1.29 is 33.6 Å². The van der Waals surface area contributed by atoms with E-state index in [1.54, 1.807) is 26.0 Å². The Hall–Kier alpha value is -5.84. The fourth-order valence-corrected chi connectivity index (χ4v) is 5.97. The second-order valence-electron chi connectivity index (χ2n) is 13.9. The third-order valence-corrected chi connectivity index (χ3v) is 8.84. The summed E-state index contributed by atoms with van der Waals surface area (Å²) in [6, 6.07) is 12.4. The normalized spacial score (nSPS) is 13.4. The maximum atomic E-state index is 12.8. The van der Waals surface area contributed by atoms with Gasteiger partial charge in [0.15, 0.2) is 0 Å². The first-order valence-electron chi connectivity index (χ1n) is 17.8. The molecule has 0 saturated heterocycles. The number of para-hydroxylation sites is 1. The second-order valence-corrected chi connectivity index (χ2v) is 13.9. The lowest BCUT2D eigenvalue weighted by Crippen LogP contribution is -2.58. The number of nitrogens with zero attached hydrogens (tertiary/aromatic N) is 1. The molecule has 0 saturated carbocycles. The summed E-state index contributed by atoms with van der Waals surface area (Å²) >= 11 is 0. The van der Waals surface area contributed by atoms with Crippen LogP contribution in [0.2, 0.25) is 0 Å². The molecular formula is C37H52N10O7. The number of carbonyl (C=O) groups excluding carboxylic acids is 7. The van der Waals surface area contributed by atoms with Crippen LogP contribution in [0.5, 0.6) is 0 Å². The van der Waals surface area contributed by atoms with Crippen LogP contribution < -0.4 is 43.8 Å². The van der Waals surface area contributed by atoms with Crippen molar-refractivity contribution in [2.45, 2.75) is 59.0 Å². The fourth-order valence-electron chi connectivity index (χ4n) is 5.97. The minimum absolute atomic E-state index is 0.0848. The maximum absolute atomic E-state index is 12.8. The molecule has 7 amide bonds. The molecule has 1 heterocycles. The predicted octanol–water partition coefficient (Wildman–Crippen LogP) is -0.194. The number of nitrogens with one attached hydrogen (secondary N) is 6. The van der Waals surface area contributed by atoms with Crippen molar-refractivity contribution in [3.05, 3.63) is 54.1 Å².